The largest absolute Gasteiger partial charge is 0.462 e. The fourth-order valence-corrected chi connectivity index (χ4v) is 3.90. The van der Waals surface area contributed by atoms with Gasteiger partial charge in [-0.15, -0.1) is 22.9 Å². The van der Waals surface area contributed by atoms with Crippen molar-refractivity contribution in [3.63, 3.8) is 0 Å². The number of amides is 1. The summed E-state index contributed by atoms with van der Waals surface area (Å²) in [7, 11) is 0. The van der Waals surface area contributed by atoms with Crippen LogP contribution in [0.4, 0.5) is 5.00 Å². The Morgan fingerprint density at radius 1 is 1.50 bits per heavy atom. The molecule has 6 heteroatoms. The zero-order valence-corrected chi connectivity index (χ0v) is 13.2. The van der Waals surface area contributed by atoms with Crippen LogP contribution < -0.4 is 5.32 Å². The van der Waals surface area contributed by atoms with E-state index in [-0.39, 0.29) is 17.8 Å². The van der Waals surface area contributed by atoms with Gasteiger partial charge in [0.15, 0.2) is 0 Å². The van der Waals surface area contributed by atoms with Gasteiger partial charge in [-0.1, -0.05) is 6.92 Å². The second kappa shape index (κ2) is 6.59. The van der Waals surface area contributed by atoms with Crippen molar-refractivity contribution in [2.45, 2.75) is 33.1 Å². The molecule has 1 aromatic rings. The molecule has 2 rings (SSSR count). The molecule has 0 bridgehead atoms. The first kappa shape index (κ1) is 15.3. The minimum Gasteiger partial charge on any atom is -0.462 e. The molecule has 1 atom stereocenters. The van der Waals surface area contributed by atoms with Crippen LogP contribution in [0.5, 0.6) is 0 Å². The average Bonchev–Trinajstić information content (AvgIpc) is 2.75. The van der Waals surface area contributed by atoms with E-state index in [1.807, 2.05) is 0 Å². The molecular weight excluding hydrogens is 298 g/mol. The third kappa shape index (κ3) is 3.15. The first-order valence-corrected chi connectivity index (χ1v) is 8.09. The predicted molar refractivity (Wildman–Crippen MR) is 80.8 cm³/mol. The summed E-state index contributed by atoms with van der Waals surface area (Å²) in [5, 5.41) is 3.30. The number of carbonyl (C=O) groups is 2. The topological polar surface area (TPSA) is 55.4 Å². The lowest BCUT2D eigenvalue weighted by molar-refractivity contribution is -0.113. The van der Waals surface area contributed by atoms with E-state index in [4.69, 9.17) is 16.3 Å². The van der Waals surface area contributed by atoms with E-state index in [9.17, 15) is 9.59 Å². The number of rotatable bonds is 4. The summed E-state index contributed by atoms with van der Waals surface area (Å²) >= 11 is 6.99. The quantitative estimate of drug-likeness (QED) is 0.685. The van der Waals surface area contributed by atoms with Crippen LogP contribution in [-0.4, -0.2) is 24.4 Å². The summed E-state index contributed by atoms with van der Waals surface area (Å²) in [6, 6.07) is 0. The normalized spacial score (nSPS) is 17.4. The predicted octanol–water partition coefficient (Wildman–Crippen LogP) is 3.23. The average molecular weight is 316 g/mol. The van der Waals surface area contributed by atoms with Crippen LogP contribution in [0.2, 0.25) is 0 Å². The molecule has 20 heavy (non-hydrogen) atoms. The smallest absolute Gasteiger partial charge is 0.341 e. The Hall–Kier alpha value is -1.07. The lowest BCUT2D eigenvalue weighted by Crippen LogP contribution is -2.17. The molecule has 0 unspecified atom stereocenters. The first-order chi connectivity index (χ1) is 9.56. The minimum absolute atomic E-state index is 0.124. The monoisotopic (exact) mass is 315 g/mol. The second-order valence-electron chi connectivity index (χ2n) is 4.96. The van der Waals surface area contributed by atoms with Gasteiger partial charge >= 0.3 is 5.97 Å². The Bertz CT molecular complexity index is 527. The van der Waals surface area contributed by atoms with Crippen molar-refractivity contribution in [3.05, 3.63) is 16.0 Å². The van der Waals surface area contributed by atoms with Crippen molar-refractivity contribution in [2.24, 2.45) is 5.92 Å². The Kier molecular flexibility index (Phi) is 5.05. The van der Waals surface area contributed by atoms with Gasteiger partial charge in [0, 0.05) is 4.88 Å². The maximum absolute atomic E-state index is 12.2. The van der Waals surface area contributed by atoms with Gasteiger partial charge in [-0.05, 0) is 37.7 Å². The van der Waals surface area contributed by atoms with Gasteiger partial charge in [0.05, 0.1) is 12.2 Å². The zero-order chi connectivity index (χ0) is 14.7. The Balaban J connectivity index is 2.39. The van der Waals surface area contributed by atoms with E-state index >= 15 is 0 Å². The van der Waals surface area contributed by atoms with Crippen LogP contribution in [-0.2, 0) is 22.4 Å². The maximum Gasteiger partial charge on any atom is 0.341 e. The number of alkyl halides is 1. The van der Waals surface area contributed by atoms with Gasteiger partial charge in [0.2, 0.25) is 5.91 Å². The van der Waals surface area contributed by atoms with Gasteiger partial charge in [-0.25, -0.2) is 4.79 Å². The number of ether oxygens (including phenoxy) is 1. The van der Waals surface area contributed by atoms with Crippen LogP contribution in [0, 0.1) is 5.92 Å². The van der Waals surface area contributed by atoms with E-state index in [1.54, 1.807) is 6.92 Å². The molecule has 0 fully saturated rings. The third-order valence-electron chi connectivity index (χ3n) is 3.37. The standard InChI is InChI=1S/C14H18ClNO3S/c1-3-19-14(18)12-9-5-4-8(2)6-10(9)20-13(12)16-11(17)7-15/h8H,3-7H2,1-2H3,(H,16,17)/t8-/m1/s1. The van der Waals surface area contributed by atoms with Gasteiger partial charge in [0.1, 0.15) is 10.9 Å². The molecule has 1 heterocycles. The number of hydrogen-bond acceptors (Lipinski definition) is 4. The molecule has 1 N–H and O–H groups in total. The van der Waals surface area contributed by atoms with E-state index in [2.05, 4.69) is 12.2 Å². The Labute approximate surface area is 127 Å². The molecule has 110 valence electrons. The van der Waals surface area contributed by atoms with Crippen LogP contribution in [0.15, 0.2) is 0 Å². The molecule has 1 aromatic heterocycles. The third-order valence-corrected chi connectivity index (χ3v) is 4.78. The van der Waals surface area contributed by atoms with Gasteiger partial charge in [-0.3, -0.25) is 4.79 Å². The van der Waals surface area contributed by atoms with Crippen molar-refractivity contribution in [2.75, 3.05) is 17.8 Å². The number of fused-ring (bicyclic) bond motifs is 1. The van der Waals surface area contributed by atoms with E-state index in [0.717, 1.165) is 24.8 Å². The fraction of sp³-hybridized carbons (Fsp3) is 0.571. The highest BCUT2D eigenvalue weighted by Crippen LogP contribution is 2.40. The summed E-state index contributed by atoms with van der Waals surface area (Å²) in [6.45, 7) is 4.29. The van der Waals surface area contributed by atoms with Gasteiger partial charge in [-0.2, -0.15) is 0 Å². The van der Waals surface area contributed by atoms with Crippen LogP contribution >= 0.6 is 22.9 Å². The molecule has 0 saturated carbocycles. The summed E-state index contributed by atoms with van der Waals surface area (Å²) in [5.74, 6) is -0.178. The number of nitrogens with one attached hydrogen (secondary N) is 1. The summed E-state index contributed by atoms with van der Waals surface area (Å²) in [4.78, 5) is 24.8. The summed E-state index contributed by atoms with van der Waals surface area (Å²) in [5.41, 5.74) is 1.56. The molecule has 4 nitrogen and oxygen atoms in total. The van der Waals surface area contributed by atoms with Crippen LogP contribution in [0.1, 0.15) is 41.1 Å². The Morgan fingerprint density at radius 2 is 2.25 bits per heavy atom. The minimum atomic E-state index is -0.357. The van der Waals surface area contributed by atoms with E-state index < -0.39 is 0 Å². The highest BCUT2D eigenvalue weighted by atomic mass is 35.5. The number of thiophene rings is 1. The molecule has 1 aliphatic rings. The van der Waals surface area contributed by atoms with Crippen molar-refractivity contribution in [1.82, 2.24) is 0 Å². The second-order valence-corrected chi connectivity index (χ2v) is 6.33. The number of hydrogen-bond donors (Lipinski definition) is 1. The highest BCUT2D eigenvalue weighted by Gasteiger charge is 2.28. The lowest BCUT2D eigenvalue weighted by Gasteiger charge is -2.18. The van der Waals surface area contributed by atoms with Crippen LogP contribution in [0.3, 0.4) is 0 Å². The molecular formula is C14H18ClNO3S. The highest BCUT2D eigenvalue weighted by molar-refractivity contribution is 7.17. The summed E-state index contributed by atoms with van der Waals surface area (Å²) in [6.07, 6.45) is 2.86. The zero-order valence-electron chi connectivity index (χ0n) is 11.6. The molecule has 0 saturated heterocycles. The van der Waals surface area contributed by atoms with Crippen LogP contribution in [0.25, 0.3) is 0 Å². The van der Waals surface area contributed by atoms with Crippen molar-refractivity contribution < 1.29 is 14.3 Å². The fourth-order valence-electron chi connectivity index (χ4n) is 2.42. The van der Waals surface area contributed by atoms with Crippen molar-refractivity contribution in [1.29, 1.82) is 0 Å². The van der Waals surface area contributed by atoms with Gasteiger partial charge < -0.3 is 10.1 Å². The maximum atomic E-state index is 12.2. The summed E-state index contributed by atoms with van der Waals surface area (Å²) < 4.78 is 5.12. The molecule has 1 aliphatic carbocycles. The Morgan fingerprint density at radius 3 is 2.90 bits per heavy atom. The van der Waals surface area contributed by atoms with Crippen molar-refractivity contribution >= 4 is 39.8 Å². The molecule has 0 radical (unpaired) electrons. The number of anilines is 1. The van der Waals surface area contributed by atoms with Gasteiger partial charge in [0.25, 0.3) is 0 Å². The van der Waals surface area contributed by atoms with E-state index in [1.165, 1.54) is 16.2 Å². The first-order valence-electron chi connectivity index (χ1n) is 6.74. The lowest BCUT2D eigenvalue weighted by atomic mass is 9.88. The number of carbonyl (C=O) groups excluding carboxylic acids is 2. The SMILES string of the molecule is CCOC(=O)c1c(NC(=O)CCl)sc2c1CC[C@@H](C)C2. The molecule has 0 aromatic carbocycles. The number of esters is 1. The van der Waals surface area contributed by atoms with E-state index in [0.29, 0.717) is 23.1 Å². The molecule has 1 amide bonds. The molecule has 0 aliphatic heterocycles. The van der Waals surface area contributed by atoms with Crippen molar-refractivity contribution in [3.8, 4) is 0 Å². The number of halogens is 1. The molecule has 0 spiro atoms.